The molecule has 0 radical (unpaired) electrons. The molecular formula is C27H29F3N2O3. The van der Waals surface area contributed by atoms with E-state index in [-0.39, 0.29) is 23.0 Å². The first-order valence-electron chi connectivity index (χ1n) is 12.2. The van der Waals surface area contributed by atoms with E-state index in [9.17, 15) is 22.8 Å². The summed E-state index contributed by atoms with van der Waals surface area (Å²) in [6, 6.07) is 12.8. The van der Waals surface area contributed by atoms with Crippen molar-refractivity contribution in [3.8, 4) is 5.75 Å². The van der Waals surface area contributed by atoms with Crippen molar-refractivity contribution in [2.75, 3.05) is 11.9 Å². The zero-order valence-corrected chi connectivity index (χ0v) is 19.4. The second-order valence-corrected chi connectivity index (χ2v) is 10.5. The monoisotopic (exact) mass is 486 g/mol. The number of ether oxygens (including phenoxy) is 1. The molecule has 4 aliphatic rings. The van der Waals surface area contributed by atoms with Crippen molar-refractivity contribution in [2.24, 2.45) is 23.2 Å². The fraction of sp³-hybridized carbons (Fsp3) is 0.481. The van der Waals surface area contributed by atoms with Gasteiger partial charge in [0.05, 0.1) is 0 Å². The van der Waals surface area contributed by atoms with Crippen molar-refractivity contribution < 1.29 is 27.5 Å². The summed E-state index contributed by atoms with van der Waals surface area (Å²) in [4.78, 5) is 25.7. The number of alkyl halides is 3. The molecule has 2 aromatic rings. The highest BCUT2D eigenvalue weighted by Crippen LogP contribution is 2.60. The van der Waals surface area contributed by atoms with Gasteiger partial charge in [0, 0.05) is 23.2 Å². The average Bonchev–Trinajstić information content (AvgIpc) is 2.81. The van der Waals surface area contributed by atoms with Gasteiger partial charge in [0.15, 0.2) is 6.61 Å². The van der Waals surface area contributed by atoms with Gasteiger partial charge in [-0.1, -0.05) is 12.1 Å². The Labute approximate surface area is 202 Å². The molecule has 4 fully saturated rings. The zero-order valence-electron chi connectivity index (χ0n) is 19.4. The van der Waals surface area contributed by atoms with E-state index in [1.165, 1.54) is 43.5 Å². The summed E-state index contributed by atoms with van der Waals surface area (Å²) in [5, 5.41) is 5.86. The number of carbonyl (C=O) groups is 2. The van der Waals surface area contributed by atoms with E-state index in [4.69, 9.17) is 0 Å². The maximum Gasteiger partial charge on any atom is 0.422 e. The van der Waals surface area contributed by atoms with Crippen LogP contribution in [0.3, 0.4) is 0 Å². The number of halogens is 3. The van der Waals surface area contributed by atoms with Gasteiger partial charge in [-0.25, -0.2) is 0 Å². The Bertz CT molecular complexity index is 1050. The number of carbonyl (C=O) groups excluding carboxylic acids is 2. The number of rotatable bonds is 7. The van der Waals surface area contributed by atoms with Gasteiger partial charge in [-0.2, -0.15) is 13.2 Å². The molecule has 186 valence electrons. The molecule has 4 bridgehead atoms. The summed E-state index contributed by atoms with van der Waals surface area (Å²) < 4.78 is 41.4. The van der Waals surface area contributed by atoms with Crippen LogP contribution in [0.15, 0.2) is 48.5 Å². The van der Waals surface area contributed by atoms with Crippen LogP contribution >= 0.6 is 0 Å². The van der Waals surface area contributed by atoms with E-state index >= 15 is 0 Å². The Kier molecular flexibility index (Phi) is 6.23. The fourth-order valence-electron chi connectivity index (χ4n) is 6.54. The highest BCUT2D eigenvalue weighted by molar-refractivity contribution is 6.04. The molecule has 0 unspecified atom stereocenters. The molecule has 0 atom stereocenters. The molecule has 2 amide bonds. The summed E-state index contributed by atoms with van der Waals surface area (Å²) in [5.74, 6) is 2.06. The topological polar surface area (TPSA) is 67.4 Å². The van der Waals surface area contributed by atoms with Gasteiger partial charge in [-0.05, 0) is 98.2 Å². The summed E-state index contributed by atoms with van der Waals surface area (Å²) in [6.45, 7) is -0.935. The Balaban J connectivity index is 1.12. The number of hydrogen-bond acceptors (Lipinski definition) is 3. The van der Waals surface area contributed by atoms with Crippen LogP contribution in [0.25, 0.3) is 0 Å². The third-order valence-electron chi connectivity index (χ3n) is 7.70. The Morgan fingerprint density at radius 3 is 2.00 bits per heavy atom. The SMILES string of the molecule is O=C(Nc1ccc(OCC(F)(F)F)cc1)c1ccc(CNC(=O)C23CC4CC(CC(C4)C2)C3)cc1. The predicted molar refractivity (Wildman–Crippen MR) is 125 cm³/mol. The molecule has 35 heavy (non-hydrogen) atoms. The van der Waals surface area contributed by atoms with Gasteiger partial charge in [0.1, 0.15) is 5.75 Å². The van der Waals surface area contributed by atoms with Crippen molar-refractivity contribution in [1.29, 1.82) is 0 Å². The minimum atomic E-state index is -4.41. The third kappa shape index (κ3) is 5.46. The zero-order chi connectivity index (χ0) is 24.6. The lowest BCUT2D eigenvalue weighted by Crippen LogP contribution is -2.53. The molecular weight excluding hydrogens is 457 g/mol. The quantitative estimate of drug-likeness (QED) is 0.527. The second kappa shape index (κ2) is 9.21. The van der Waals surface area contributed by atoms with Crippen LogP contribution in [0.5, 0.6) is 5.75 Å². The molecule has 0 aromatic heterocycles. The first kappa shape index (κ1) is 23.7. The van der Waals surface area contributed by atoms with Crippen LogP contribution in [-0.4, -0.2) is 24.6 Å². The highest BCUT2D eigenvalue weighted by Gasteiger charge is 2.54. The van der Waals surface area contributed by atoms with Gasteiger partial charge in [-0.15, -0.1) is 0 Å². The van der Waals surface area contributed by atoms with Crippen LogP contribution in [0, 0.1) is 23.2 Å². The van der Waals surface area contributed by atoms with Crippen molar-refractivity contribution in [2.45, 2.75) is 51.2 Å². The Morgan fingerprint density at radius 1 is 0.886 bits per heavy atom. The van der Waals surface area contributed by atoms with Gasteiger partial charge in [0.2, 0.25) is 5.91 Å². The molecule has 0 heterocycles. The van der Waals surface area contributed by atoms with Crippen LogP contribution in [0.1, 0.15) is 54.4 Å². The molecule has 2 aromatic carbocycles. The lowest BCUT2D eigenvalue weighted by atomic mass is 9.49. The summed E-state index contributed by atoms with van der Waals surface area (Å²) in [6.07, 6.45) is 2.57. The lowest BCUT2D eigenvalue weighted by Gasteiger charge is -2.55. The van der Waals surface area contributed by atoms with Crippen molar-refractivity contribution in [3.63, 3.8) is 0 Å². The van der Waals surface area contributed by atoms with E-state index in [1.54, 1.807) is 12.1 Å². The number of nitrogens with one attached hydrogen (secondary N) is 2. The largest absolute Gasteiger partial charge is 0.484 e. The Hall–Kier alpha value is -3.03. The molecule has 0 saturated heterocycles. The molecule has 6 rings (SSSR count). The first-order valence-corrected chi connectivity index (χ1v) is 12.2. The van der Waals surface area contributed by atoms with Gasteiger partial charge < -0.3 is 15.4 Å². The van der Waals surface area contributed by atoms with E-state index in [1.807, 2.05) is 12.1 Å². The second-order valence-electron chi connectivity index (χ2n) is 10.5. The standard InChI is InChI=1S/C27H29F3N2O3/c28-27(29,30)16-35-23-7-5-22(6-8-23)32-24(33)21-3-1-17(2-4-21)15-31-25(34)26-12-18-9-19(13-26)11-20(10-18)14-26/h1-8,18-20H,9-16H2,(H,31,34)(H,32,33). The normalized spacial score (nSPS) is 26.9. The molecule has 4 aliphatic carbocycles. The minimum Gasteiger partial charge on any atom is -0.484 e. The lowest BCUT2D eigenvalue weighted by molar-refractivity contribution is -0.153. The molecule has 0 aliphatic heterocycles. The van der Waals surface area contributed by atoms with Crippen molar-refractivity contribution in [1.82, 2.24) is 5.32 Å². The van der Waals surface area contributed by atoms with Crippen molar-refractivity contribution in [3.05, 3.63) is 59.7 Å². The number of anilines is 1. The number of benzene rings is 2. The first-order chi connectivity index (χ1) is 16.7. The fourth-order valence-corrected chi connectivity index (χ4v) is 6.54. The van der Waals surface area contributed by atoms with E-state index in [2.05, 4.69) is 15.4 Å². The van der Waals surface area contributed by atoms with Gasteiger partial charge >= 0.3 is 6.18 Å². The van der Waals surface area contributed by atoms with Crippen LogP contribution in [0.2, 0.25) is 0 Å². The highest BCUT2D eigenvalue weighted by atomic mass is 19.4. The molecule has 8 heteroatoms. The summed E-state index contributed by atoms with van der Waals surface area (Å²) in [5.41, 5.74) is 1.63. The van der Waals surface area contributed by atoms with E-state index in [0.29, 0.717) is 35.5 Å². The van der Waals surface area contributed by atoms with Crippen LogP contribution < -0.4 is 15.4 Å². The molecule has 5 nitrogen and oxygen atoms in total. The molecule has 2 N–H and O–H groups in total. The van der Waals surface area contributed by atoms with Gasteiger partial charge in [0.25, 0.3) is 5.91 Å². The Morgan fingerprint density at radius 2 is 1.46 bits per heavy atom. The van der Waals surface area contributed by atoms with Crippen molar-refractivity contribution >= 4 is 17.5 Å². The summed E-state index contributed by atoms with van der Waals surface area (Å²) >= 11 is 0. The third-order valence-corrected chi connectivity index (χ3v) is 7.70. The summed E-state index contributed by atoms with van der Waals surface area (Å²) in [7, 11) is 0. The van der Waals surface area contributed by atoms with E-state index in [0.717, 1.165) is 24.8 Å². The van der Waals surface area contributed by atoms with Crippen LogP contribution in [-0.2, 0) is 11.3 Å². The average molecular weight is 487 g/mol. The maximum atomic E-state index is 13.1. The van der Waals surface area contributed by atoms with E-state index < -0.39 is 12.8 Å². The predicted octanol–water partition coefficient (Wildman–Crippen LogP) is 5.71. The number of hydrogen-bond donors (Lipinski definition) is 2. The van der Waals surface area contributed by atoms with Gasteiger partial charge in [-0.3, -0.25) is 9.59 Å². The maximum absolute atomic E-state index is 13.1. The minimum absolute atomic E-state index is 0.0697. The molecule has 4 saturated carbocycles. The number of amides is 2. The molecule has 0 spiro atoms. The van der Waals surface area contributed by atoms with Crippen LogP contribution in [0.4, 0.5) is 18.9 Å². The smallest absolute Gasteiger partial charge is 0.422 e.